The van der Waals surface area contributed by atoms with Gasteiger partial charge < -0.3 is 15.2 Å². The fraction of sp³-hybridized carbons (Fsp3) is 0.286. The molecule has 0 aliphatic rings. The molecular weight excluding hydrogens is 260 g/mol. The molecule has 6 heteroatoms. The van der Waals surface area contributed by atoms with Gasteiger partial charge in [-0.2, -0.15) is 0 Å². The Kier molecular flexibility index (Phi) is 4.37. The molecule has 20 heavy (non-hydrogen) atoms. The number of ether oxygens (including phenoxy) is 2. The summed E-state index contributed by atoms with van der Waals surface area (Å²) >= 11 is 0. The standard InChI is InChI=1S/C14H16N2O4/c1-19-14(18)10-7-11-3-4-12(20-6-2-5-15)9-16(11)13(17)8-10/h3-4,7-9H,2,5-6,15H2,1H3/p+1. The number of hydrogen-bond acceptors (Lipinski definition) is 4. The van der Waals surface area contributed by atoms with Gasteiger partial charge in [0.05, 0.1) is 32.0 Å². The van der Waals surface area contributed by atoms with Crippen LogP contribution in [0.1, 0.15) is 16.8 Å². The third-order valence-corrected chi connectivity index (χ3v) is 2.86. The fourth-order valence-electron chi connectivity index (χ4n) is 1.82. The molecule has 0 atom stereocenters. The molecule has 0 radical (unpaired) electrons. The van der Waals surface area contributed by atoms with E-state index in [2.05, 4.69) is 10.5 Å². The predicted molar refractivity (Wildman–Crippen MR) is 72.9 cm³/mol. The number of aromatic nitrogens is 1. The Hall–Kier alpha value is -2.34. The van der Waals surface area contributed by atoms with Crippen molar-refractivity contribution in [2.75, 3.05) is 20.3 Å². The third-order valence-electron chi connectivity index (χ3n) is 2.86. The van der Waals surface area contributed by atoms with E-state index in [4.69, 9.17) is 4.74 Å². The van der Waals surface area contributed by atoms with Crippen molar-refractivity contribution in [2.24, 2.45) is 0 Å². The van der Waals surface area contributed by atoms with E-state index < -0.39 is 5.97 Å². The van der Waals surface area contributed by atoms with E-state index in [-0.39, 0.29) is 11.1 Å². The first-order valence-electron chi connectivity index (χ1n) is 6.32. The minimum absolute atomic E-state index is 0.239. The van der Waals surface area contributed by atoms with Gasteiger partial charge in [-0.25, -0.2) is 4.79 Å². The number of fused-ring (bicyclic) bond motifs is 1. The number of carbonyl (C=O) groups is 1. The molecule has 2 rings (SSSR count). The Labute approximate surface area is 115 Å². The van der Waals surface area contributed by atoms with Crippen LogP contribution in [0, 0.1) is 0 Å². The molecule has 2 aromatic rings. The number of pyridine rings is 2. The molecule has 3 N–H and O–H groups in total. The molecule has 0 amide bonds. The van der Waals surface area contributed by atoms with Crippen LogP contribution in [0.5, 0.6) is 5.75 Å². The van der Waals surface area contributed by atoms with Gasteiger partial charge in [-0.05, 0) is 18.2 Å². The van der Waals surface area contributed by atoms with Gasteiger partial charge in [0.2, 0.25) is 0 Å². The minimum atomic E-state index is -0.527. The second-order valence-electron chi connectivity index (χ2n) is 4.29. The molecule has 0 saturated heterocycles. The van der Waals surface area contributed by atoms with Crippen LogP contribution in [-0.4, -0.2) is 30.6 Å². The van der Waals surface area contributed by atoms with Gasteiger partial charge in [-0.3, -0.25) is 9.20 Å². The maximum Gasteiger partial charge on any atom is 0.338 e. The number of nitrogens with zero attached hydrogens (tertiary/aromatic N) is 1. The number of quaternary nitrogens is 1. The maximum atomic E-state index is 12.0. The Bertz CT molecular complexity index is 678. The van der Waals surface area contributed by atoms with Crippen LogP contribution in [0.15, 0.2) is 35.3 Å². The van der Waals surface area contributed by atoms with Gasteiger partial charge in [-0.1, -0.05) is 0 Å². The SMILES string of the molecule is COC(=O)c1cc(=O)n2cc(OCCC[NH3+])ccc2c1. The summed E-state index contributed by atoms with van der Waals surface area (Å²) in [6, 6.07) is 6.35. The monoisotopic (exact) mass is 277 g/mol. The summed E-state index contributed by atoms with van der Waals surface area (Å²) in [6.45, 7) is 1.36. The molecule has 0 saturated carbocycles. The first kappa shape index (κ1) is 14.1. The molecule has 106 valence electrons. The summed E-state index contributed by atoms with van der Waals surface area (Å²) in [5, 5.41) is 0. The van der Waals surface area contributed by atoms with Crippen molar-refractivity contribution in [1.82, 2.24) is 4.40 Å². The first-order valence-corrected chi connectivity index (χ1v) is 6.32. The Morgan fingerprint density at radius 1 is 1.35 bits per heavy atom. The molecule has 0 fully saturated rings. The van der Waals surface area contributed by atoms with Crippen LogP contribution in [0.4, 0.5) is 0 Å². The Morgan fingerprint density at radius 2 is 2.15 bits per heavy atom. The molecule has 0 spiro atoms. The number of esters is 1. The highest BCUT2D eigenvalue weighted by Crippen LogP contribution is 2.13. The van der Waals surface area contributed by atoms with E-state index in [1.807, 2.05) is 0 Å². The van der Waals surface area contributed by atoms with Crippen LogP contribution in [0.2, 0.25) is 0 Å². The van der Waals surface area contributed by atoms with E-state index in [1.165, 1.54) is 17.6 Å². The smallest absolute Gasteiger partial charge is 0.338 e. The van der Waals surface area contributed by atoms with Crippen molar-refractivity contribution < 1.29 is 20.0 Å². The molecule has 0 unspecified atom stereocenters. The molecule has 2 heterocycles. The van der Waals surface area contributed by atoms with Crippen molar-refractivity contribution in [2.45, 2.75) is 6.42 Å². The van der Waals surface area contributed by atoms with E-state index in [0.29, 0.717) is 17.9 Å². The zero-order valence-corrected chi connectivity index (χ0v) is 11.3. The van der Waals surface area contributed by atoms with E-state index in [0.717, 1.165) is 13.0 Å². The lowest BCUT2D eigenvalue weighted by molar-refractivity contribution is -0.368. The second kappa shape index (κ2) is 6.21. The number of carbonyl (C=O) groups excluding carboxylic acids is 1. The van der Waals surface area contributed by atoms with Crippen molar-refractivity contribution in [3.05, 3.63) is 46.4 Å². The molecule has 0 aliphatic carbocycles. The van der Waals surface area contributed by atoms with Crippen LogP contribution in [0.3, 0.4) is 0 Å². The molecule has 6 nitrogen and oxygen atoms in total. The van der Waals surface area contributed by atoms with Gasteiger partial charge in [0.15, 0.2) is 0 Å². The van der Waals surface area contributed by atoms with E-state index >= 15 is 0 Å². The Morgan fingerprint density at radius 3 is 2.85 bits per heavy atom. The first-order chi connectivity index (χ1) is 9.65. The molecule has 2 aromatic heterocycles. The summed E-state index contributed by atoms with van der Waals surface area (Å²) in [7, 11) is 1.28. The summed E-state index contributed by atoms with van der Waals surface area (Å²) in [6.07, 6.45) is 2.47. The normalized spacial score (nSPS) is 10.5. The summed E-state index contributed by atoms with van der Waals surface area (Å²) in [5.41, 5.74) is 4.29. The molecule has 0 aliphatic heterocycles. The predicted octanol–water partition coefficient (Wildman–Crippen LogP) is 0.0969. The van der Waals surface area contributed by atoms with Crippen molar-refractivity contribution in [3.8, 4) is 5.75 Å². The topological polar surface area (TPSA) is 84.7 Å². The second-order valence-corrected chi connectivity index (χ2v) is 4.29. The van der Waals surface area contributed by atoms with Crippen LogP contribution in [0.25, 0.3) is 5.52 Å². The molecule has 0 aromatic carbocycles. The summed E-state index contributed by atoms with van der Waals surface area (Å²) in [4.78, 5) is 23.4. The highest BCUT2D eigenvalue weighted by Gasteiger charge is 2.09. The van der Waals surface area contributed by atoms with Crippen molar-refractivity contribution in [3.63, 3.8) is 0 Å². The largest absolute Gasteiger partial charge is 0.492 e. The number of hydrogen-bond donors (Lipinski definition) is 1. The van der Waals surface area contributed by atoms with E-state index in [1.54, 1.807) is 24.4 Å². The summed E-state index contributed by atoms with van der Waals surface area (Å²) < 4.78 is 11.6. The lowest BCUT2D eigenvalue weighted by atomic mass is 10.2. The average Bonchev–Trinajstić information content (AvgIpc) is 2.47. The minimum Gasteiger partial charge on any atom is -0.492 e. The van der Waals surface area contributed by atoms with Crippen LogP contribution >= 0.6 is 0 Å². The van der Waals surface area contributed by atoms with Gasteiger partial charge >= 0.3 is 5.97 Å². The van der Waals surface area contributed by atoms with Crippen LogP contribution < -0.4 is 16.0 Å². The lowest BCUT2D eigenvalue weighted by Crippen LogP contribution is -2.50. The molecule has 0 bridgehead atoms. The lowest BCUT2D eigenvalue weighted by Gasteiger charge is -2.08. The number of methoxy groups -OCH3 is 1. The van der Waals surface area contributed by atoms with Crippen molar-refractivity contribution in [1.29, 1.82) is 0 Å². The van der Waals surface area contributed by atoms with Crippen LogP contribution in [-0.2, 0) is 4.74 Å². The summed E-state index contributed by atoms with van der Waals surface area (Å²) in [5.74, 6) is 0.0826. The zero-order valence-electron chi connectivity index (χ0n) is 11.3. The van der Waals surface area contributed by atoms with Gasteiger partial charge in [0.25, 0.3) is 5.56 Å². The molecular formula is C14H17N2O4+. The zero-order chi connectivity index (χ0) is 14.5. The maximum absolute atomic E-state index is 12.0. The van der Waals surface area contributed by atoms with E-state index in [9.17, 15) is 9.59 Å². The van der Waals surface area contributed by atoms with Gasteiger partial charge in [0.1, 0.15) is 5.75 Å². The highest BCUT2D eigenvalue weighted by atomic mass is 16.5. The fourth-order valence-corrected chi connectivity index (χ4v) is 1.82. The number of rotatable bonds is 5. The van der Waals surface area contributed by atoms with Gasteiger partial charge in [0, 0.05) is 18.0 Å². The quantitative estimate of drug-likeness (QED) is 0.620. The van der Waals surface area contributed by atoms with Gasteiger partial charge in [-0.15, -0.1) is 0 Å². The van der Waals surface area contributed by atoms with Crippen molar-refractivity contribution >= 4 is 11.5 Å². The third kappa shape index (κ3) is 2.97. The highest BCUT2D eigenvalue weighted by molar-refractivity contribution is 5.90. The Balaban J connectivity index is 2.36. The average molecular weight is 277 g/mol.